The Hall–Kier alpha value is -4.47. The van der Waals surface area contributed by atoms with Crippen LogP contribution >= 0.6 is 0 Å². The largest absolute Gasteiger partial charge is 0.486 e. The highest BCUT2D eigenvalue weighted by Gasteiger charge is 2.36. The maximum atomic E-state index is 14.1. The van der Waals surface area contributed by atoms with E-state index in [2.05, 4.69) is 20.6 Å². The zero-order valence-corrected chi connectivity index (χ0v) is 21.6. The molecule has 0 radical (unpaired) electrons. The summed E-state index contributed by atoms with van der Waals surface area (Å²) in [5.74, 6) is 0.450. The minimum atomic E-state index is -0.978. The summed E-state index contributed by atoms with van der Waals surface area (Å²) < 4.78 is 13.0. The second-order valence-electron chi connectivity index (χ2n) is 9.74. The summed E-state index contributed by atoms with van der Waals surface area (Å²) in [7, 11) is 0. The fraction of sp³-hybridized carbons (Fsp3) is 0.321. The van der Waals surface area contributed by atoms with Crippen LogP contribution in [0.2, 0.25) is 0 Å². The number of fused-ring (bicyclic) bond motifs is 2. The van der Waals surface area contributed by atoms with Crippen LogP contribution in [0.4, 0.5) is 5.69 Å². The third kappa shape index (κ3) is 5.15. The SMILES string of the molecule is CCC(C)(C)NC(=O)[C@H](c1ccncc1)N(C(=O)Cn1nnc2ccccc21)c1ccc2c(c1)OCCO2. The smallest absolute Gasteiger partial charge is 0.249 e. The molecule has 10 nitrogen and oxygen atoms in total. The van der Waals surface area contributed by atoms with Gasteiger partial charge in [0.15, 0.2) is 11.5 Å². The van der Waals surface area contributed by atoms with E-state index in [1.165, 1.54) is 4.90 Å². The number of benzene rings is 2. The van der Waals surface area contributed by atoms with Crippen molar-refractivity contribution in [3.05, 3.63) is 72.6 Å². The van der Waals surface area contributed by atoms with E-state index in [1.807, 2.05) is 45.0 Å². The molecule has 1 aliphatic rings. The molecular weight excluding hydrogens is 484 g/mol. The van der Waals surface area contributed by atoms with Crippen molar-refractivity contribution in [2.75, 3.05) is 18.1 Å². The molecule has 0 bridgehead atoms. The molecule has 38 heavy (non-hydrogen) atoms. The van der Waals surface area contributed by atoms with Gasteiger partial charge in [-0.25, -0.2) is 4.68 Å². The molecule has 0 fully saturated rings. The van der Waals surface area contributed by atoms with Gasteiger partial charge in [0.25, 0.3) is 0 Å². The first kappa shape index (κ1) is 25.2. The fourth-order valence-corrected chi connectivity index (χ4v) is 4.31. The van der Waals surface area contributed by atoms with E-state index in [0.29, 0.717) is 47.9 Å². The van der Waals surface area contributed by atoms with Crippen LogP contribution in [0.1, 0.15) is 38.8 Å². The minimum Gasteiger partial charge on any atom is -0.486 e. The molecule has 5 rings (SSSR count). The Kier molecular flexibility index (Phi) is 6.95. The molecule has 4 aromatic rings. The number of aromatic nitrogens is 4. The Morgan fingerprint density at radius 2 is 1.79 bits per heavy atom. The van der Waals surface area contributed by atoms with Gasteiger partial charge in [0.1, 0.15) is 31.3 Å². The zero-order valence-electron chi connectivity index (χ0n) is 21.6. The molecule has 3 heterocycles. The van der Waals surface area contributed by atoms with Crippen molar-refractivity contribution in [1.29, 1.82) is 0 Å². The van der Waals surface area contributed by atoms with Gasteiger partial charge in [0.05, 0.1) is 5.52 Å². The normalized spacial score (nSPS) is 13.7. The lowest BCUT2D eigenvalue weighted by Crippen LogP contribution is -2.51. The molecule has 2 aromatic carbocycles. The van der Waals surface area contributed by atoms with E-state index < -0.39 is 11.6 Å². The van der Waals surface area contributed by atoms with Crippen LogP contribution in [-0.4, -0.2) is 50.5 Å². The molecule has 2 amide bonds. The second-order valence-corrected chi connectivity index (χ2v) is 9.74. The van der Waals surface area contributed by atoms with E-state index in [9.17, 15) is 9.59 Å². The summed E-state index contributed by atoms with van der Waals surface area (Å²) in [6.45, 7) is 6.62. The molecule has 1 atom stereocenters. The molecule has 0 aliphatic carbocycles. The van der Waals surface area contributed by atoms with Crippen molar-refractivity contribution in [2.45, 2.75) is 45.3 Å². The number of hydrogen-bond donors (Lipinski definition) is 1. The number of carbonyl (C=O) groups is 2. The van der Waals surface area contributed by atoms with Gasteiger partial charge in [-0.2, -0.15) is 0 Å². The summed E-state index contributed by atoms with van der Waals surface area (Å²) in [5, 5.41) is 11.5. The molecule has 0 saturated heterocycles. The molecule has 10 heteroatoms. The quantitative estimate of drug-likeness (QED) is 0.382. The van der Waals surface area contributed by atoms with E-state index in [1.54, 1.807) is 47.4 Å². The Labute approximate surface area is 220 Å². The maximum Gasteiger partial charge on any atom is 0.249 e. The van der Waals surface area contributed by atoms with Crippen molar-refractivity contribution in [3.8, 4) is 11.5 Å². The van der Waals surface area contributed by atoms with Gasteiger partial charge < -0.3 is 14.8 Å². The fourth-order valence-electron chi connectivity index (χ4n) is 4.31. The lowest BCUT2D eigenvalue weighted by molar-refractivity contribution is -0.128. The third-order valence-electron chi connectivity index (χ3n) is 6.65. The van der Waals surface area contributed by atoms with Gasteiger partial charge in [-0.3, -0.25) is 19.5 Å². The molecule has 1 N–H and O–H groups in total. The van der Waals surface area contributed by atoms with Gasteiger partial charge in [-0.05, 0) is 62.2 Å². The molecular formula is C28H30N6O4. The van der Waals surface area contributed by atoms with Gasteiger partial charge in [0.2, 0.25) is 11.8 Å². The number of amides is 2. The van der Waals surface area contributed by atoms with Gasteiger partial charge in [-0.1, -0.05) is 24.3 Å². The number of nitrogens with one attached hydrogen (secondary N) is 1. The number of nitrogens with zero attached hydrogens (tertiary/aromatic N) is 5. The van der Waals surface area contributed by atoms with Crippen molar-refractivity contribution in [3.63, 3.8) is 0 Å². The summed E-state index contributed by atoms with van der Waals surface area (Å²) in [6.07, 6.45) is 3.93. The number of carbonyl (C=O) groups excluding carboxylic acids is 2. The van der Waals surface area contributed by atoms with Gasteiger partial charge in [0, 0.05) is 29.7 Å². The zero-order chi connectivity index (χ0) is 26.7. The van der Waals surface area contributed by atoms with Crippen LogP contribution in [0.15, 0.2) is 67.0 Å². The van der Waals surface area contributed by atoms with Crippen LogP contribution in [0, 0.1) is 0 Å². The highest BCUT2D eigenvalue weighted by atomic mass is 16.6. The van der Waals surface area contributed by atoms with Crippen molar-refractivity contribution in [1.82, 2.24) is 25.3 Å². The minimum absolute atomic E-state index is 0.124. The number of rotatable bonds is 8. The Morgan fingerprint density at radius 1 is 1.05 bits per heavy atom. The number of ether oxygens (including phenoxy) is 2. The van der Waals surface area contributed by atoms with E-state index in [-0.39, 0.29) is 18.4 Å². The van der Waals surface area contributed by atoms with Gasteiger partial charge >= 0.3 is 0 Å². The predicted octanol–water partition coefficient (Wildman–Crippen LogP) is 3.68. The number of hydrogen-bond acceptors (Lipinski definition) is 7. The molecule has 0 unspecified atom stereocenters. The average Bonchev–Trinajstić information content (AvgIpc) is 3.34. The monoisotopic (exact) mass is 514 g/mol. The highest BCUT2D eigenvalue weighted by molar-refractivity contribution is 6.02. The average molecular weight is 515 g/mol. The standard InChI is InChI=1S/C28H30N6O4/c1-4-28(2,3)30-27(36)26(19-11-13-29-14-12-19)34(20-9-10-23-24(17-20)38-16-15-37-23)25(35)18-33-22-8-6-5-7-21(22)31-32-33/h5-14,17,26H,4,15-16,18H2,1-3H3,(H,30,36)/t26-/m0/s1. The lowest BCUT2D eigenvalue weighted by Gasteiger charge is -2.35. The molecule has 2 aromatic heterocycles. The van der Waals surface area contributed by atoms with Crippen molar-refractivity contribution in [2.24, 2.45) is 0 Å². The first-order valence-electron chi connectivity index (χ1n) is 12.6. The summed E-state index contributed by atoms with van der Waals surface area (Å²) in [5.41, 5.74) is 2.04. The number of anilines is 1. The first-order chi connectivity index (χ1) is 18.4. The van der Waals surface area contributed by atoms with Crippen LogP contribution in [0.5, 0.6) is 11.5 Å². The van der Waals surface area contributed by atoms with Crippen molar-refractivity contribution < 1.29 is 19.1 Å². The number of para-hydroxylation sites is 1. The molecule has 0 spiro atoms. The highest BCUT2D eigenvalue weighted by Crippen LogP contribution is 2.37. The van der Waals surface area contributed by atoms with E-state index >= 15 is 0 Å². The third-order valence-corrected chi connectivity index (χ3v) is 6.65. The Bertz CT molecular complexity index is 1450. The lowest BCUT2D eigenvalue weighted by atomic mass is 9.98. The predicted molar refractivity (Wildman–Crippen MR) is 142 cm³/mol. The van der Waals surface area contributed by atoms with Crippen LogP contribution in [0.3, 0.4) is 0 Å². The summed E-state index contributed by atoms with van der Waals surface area (Å²) in [4.78, 5) is 33.7. The van der Waals surface area contributed by atoms with Crippen LogP contribution in [0.25, 0.3) is 11.0 Å². The van der Waals surface area contributed by atoms with Crippen molar-refractivity contribution >= 4 is 28.5 Å². The molecule has 0 saturated carbocycles. The summed E-state index contributed by atoms with van der Waals surface area (Å²) in [6, 6.07) is 15.2. The molecule has 1 aliphatic heterocycles. The van der Waals surface area contributed by atoms with E-state index in [4.69, 9.17) is 9.47 Å². The van der Waals surface area contributed by atoms with E-state index in [0.717, 1.165) is 5.52 Å². The first-order valence-corrected chi connectivity index (χ1v) is 12.6. The number of pyridine rings is 1. The molecule has 196 valence electrons. The topological polar surface area (TPSA) is 111 Å². The maximum absolute atomic E-state index is 14.1. The van der Waals surface area contributed by atoms with Crippen LogP contribution in [-0.2, 0) is 16.1 Å². The summed E-state index contributed by atoms with van der Waals surface area (Å²) >= 11 is 0. The Balaban J connectivity index is 1.61. The second kappa shape index (κ2) is 10.5. The Morgan fingerprint density at radius 3 is 2.55 bits per heavy atom. The van der Waals surface area contributed by atoms with Gasteiger partial charge in [-0.15, -0.1) is 5.10 Å². The van der Waals surface area contributed by atoms with Crippen LogP contribution < -0.4 is 19.7 Å².